The third-order valence-electron chi connectivity index (χ3n) is 4.83. The fourth-order valence-corrected chi connectivity index (χ4v) is 5.01. The van der Waals surface area contributed by atoms with Crippen molar-refractivity contribution in [2.24, 2.45) is 0 Å². The van der Waals surface area contributed by atoms with E-state index in [1.807, 2.05) is 92.7 Å². The maximum absolute atomic E-state index is 13.8. The van der Waals surface area contributed by atoms with E-state index in [1.54, 1.807) is 12.1 Å². The predicted octanol–water partition coefficient (Wildman–Crippen LogP) is 5.87. The van der Waals surface area contributed by atoms with Gasteiger partial charge in [-0.05, 0) is 37.6 Å². The number of hydrogen-bond donors (Lipinski definition) is 0. The first-order chi connectivity index (χ1) is 14.0. The third-order valence-corrected chi connectivity index (χ3v) is 6.68. The third kappa shape index (κ3) is 3.71. The molecule has 144 valence electrons. The molecule has 4 heteroatoms. The lowest BCUT2D eigenvalue weighted by Crippen LogP contribution is -2.09. The van der Waals surface area contributed by atoms with Gasteiger partial charge >= 0.3 is 0 Å². The Kier molecular flexibility index (Phi) is 5.03. The summed E-state index contributed by atoms with van der Waals surface area (Å²) in [6.07, 6.45) is 0. The van der Waals surface area contributed by atoms with Crippen molar-refractivity contribution in [3.63, 3.8) is 0 Å². The van der Waals surface area contributed by atoms with E-state index < -0.39 is 9.84 Å². The van der Waals surface area contributed by atoms with Gasteiger partial charge in [0.15, 0.2) is 0 Å². The average Bonchev–Trinajstić information content (AvgIpc) is 2.74. The summed E-state index contributed by atoms with van der Waals surface area (Å²) in [6, 6.07) is 27.9. The van der Waals surface area contributed by atoms with Gasteiger partial charge in [-0.2, -0.15) is 0 Å². The van der Waals surface area contributed by atoms with Gasteiger partial charge in [0.2, 0.25) is 9.84 Å². The topological polar surface area (TPSA) is 47.0 Å². The number of hydrogen-bond acceptors (Lipinski definition) is 3. The summed E-state index contributed by atoms with van der Waals surface area (Å²) in [5.41, 5.74) is 4.55. The number of aromatic nitrogens is 1. The van der Waals surface area contributed by atoms with E-state index in [-0.39, 0.29) is 9.79 Å². The number of rotatable bonds is 4. The van der Waals surface area contributed by atoms with E-state index in [2.05, 4.69) is 4.98 Å². The quantitative estimate of drug-likeness (QED) is 0.431. The van der Waals surface area contributed by atoms with Crippen molar-refractivity contribution in [3.8, 4) is 22.4 Å². The molecule has 0 spiro atoms. The number of pyridine rings is 1. The molecule has 0 aliphatic rings. The minimum atomic E-state index is -3.79. The molecular formula is C25H21NO2S. The zero-order valence-corrected chi connectivity index (χ0v) is 17.1. The summed E-state index contributed by atoms with van der Waals surface area (Å²) in [5, 5.41) is 0. The van der Waals surface area contributed by atoms with Crippen molar-refractivity contribution in [3.05, 3.63) is 102 Å². The molecule has 29 heavy (non-hydrogen) atoms. The lowest BCUT2D eigenvalue weighted by molar-refractivity contribution is 0.596. The molecule has 0 aliphatic heterocycles. The van der Waals surface area contributed by atoms with Crippen LogP contribution in [0.4, 0.5) is 0 Å². The highest BCUT2D eigenvalue weighted by molar-refractivity contribution is 7.91. The molecule has 0 N–H and O–H groups in total. The van der Waals surface area contributed by atoms with Gasteiger partial charge in [-0.3, -0.25) is 4.98 Å². The Morgan fingerprint density at radius 1 is 0.690 bits per heavy atom. The predicted molar refractivity (Wildman–Crippen MR) is 116 cm³/mol. The molecule has 4 rings (SSSR count). The summed E-state index contributed by atoms with van der Waals surface area (Å²) < 4.78 is 27.6. The molecule has 4 aromatic rings. The normalized spacial score (nSPS) is 11.4. The van der Waals surface area contributed by atoms with E-state index in [1.165, 1.54) is 0 Å². The van der Waals surface area contributed by atoms with Crippen LogP contribution in [0.15, 0.2) is 101 Å². The Hall–Kier alpha value is -3.24. The van der Waals surface area contributed by atoms with Gasteiger partial charge in [0, 0.05) is 16.8 Å². The van der Waals surface area contributed by atoms with Crippen LogP contribution in [0, 0.1) is 13.8 Å². The van der Waals surface area contributed by atoms with E-state index in [0.717, 1.165) is 22.4 Å². The van der Waals surface area contributed by atoms with Crippen LogP contribution in [-0.2, 0) is 9.84 Å². The Balaban J connectivity index is 2.08. The highest BCUT2D eigenvalue weighted by Gasteiger charge is 2.28. The minimum absolute atomic E-state index is 0.240. The van der Waals surface area contributed by atoms with Crippen LogP contribution in [0.5, 0.6) is 0 Å². The Morgan fingerprint density at radius 3 is 1.83 bits per heavy atom. The molecule has 0 amide bonds. The summed E-state index contributed by atoms with van der Waals surface area (Å²) in [7, 11) is -3.79. The van der Waals surface area contributed by atoms with Crippen LogP contribution in [-0.4, -0.2) is 13.4 Å². The molecule has 0 bridgehead atoms. The molecule has 0 fully saturated rings. The number of nitrogens with zero attached hydrogens (tertiary/aromatic N) is 1. The Morgan fingerprint density at radius 2 is 1.24 bits per heavy atom. The van der Waals surface area contributed by atoms with Gasteiger partial charge in [-0.15, -0.1) is 0 Å². The summed E-state index contributed by atoms with van der Waals surface area (Å²) >= 11 is 0. The largest absolute Gasteiger partial charge is 0.252 e. The van der Waals surface area contributed by atoms with Crippen molar-refractivity contribution in [1.82, 2.24) is 4.98 Å². The monoisotopic (exact) mass is 399 g/mol. The van der Waals surface area contributed by atoms with E-state index in [0.29, 0.717) is 11.3 Å². The van der Waals surface area contributed by atoms with Gasteiger partial charge in [0.25, 0.3) is 0 Å². The van der Waals surface area contributed by atoms with Crippen LogP contribution in [0.25, 0.3) is 22.4 Å². The molecular weight excluding hydrogens is 378 g/mol. The lowest BCUT2D eigenvalue weighted by Gasteiger charge is -2.17. The van der Waals surface area contributed by atoms with Crippen LogP contribution in [0.2, 0.25) is 0 Å². The summed E-state index contributed by atoms with van der Waals surface area (Å²) in [6.45, 7) is 3.83. The van der Waals surface area contributed by atoms with Crippen LogP contribution in [0.1, 0.15) is 11.3 Å². The maximum Gasteiger partial charge on any atom is 0.209 e. The summed E-state index contributed by atoms with van der Waals surface area (Å²) in [4.78, 5) is 5.17. The first kappa shape index (κ1) is 19.1. The fraction of sp³-hybridized carbons (Fsp3) is 0.0800. The number of sulfone groups is 1. The molecule has 3 nitrogen and oxygen atoms in total. The second-order valence-corrected chi connectivity index (χ2v) is 8.92. The van der Waals surface area contributed by atoms with Gasteiger partial charge in [0.1, 0.15) is 4.90 Å². The number of benzene rings is 3. The van der Waals surface area contributed by atoms with Crippen molar-refractivity contribution in [1.29, 1.82) is 0 Å². The van der Waals surface area contributed by atoms with Gasteiger partial charge < -0.3 is 0 Å². The molecule has 1 aromatic heterocycles. The maximum atomic E-state index is 13.8. The molecule has 0 saturated carbocycles. The second-order valence-electron chi connectivity index (χ2n) is 7.04. The highest BCUT2D eigenvalue weighted by Crippen LogP contribution is 2.38. The average molecular weight is 400 g/mol. The van der Waals surface area contributed by atoms with Crippen molar-refractivity contribution in [2.75, 3.05) is 0 Å². The second kappa shape index (κ2) is 7.64. The van der Waals surface area contributed by atoms with Crippen molar-refractivity contribution < 1.29 is 8.42 Å². The van der Waals surface area contributed by atoms with Crippen molar-refractivity contribution in [2.45, 2.75) is 23.6 Å². The molecule has 0 atom stereocenters. The van der Waals surface area contributed by atoms with Crippen LogP contribution in [0.3, 0.4) is 0 Å². The Bertz CT molecular complexity index is 1190. The van der Waals surface area contributed by atoms with E-state index >= 15 is 0 Å². The van der Waals surface area contributed by atoms with Crippen LogP contribution < -0.4 is 0 Å². The minimum Gasteiger partial charge on any atom is -0.252 e. The molecule has 0 radical (unpaired) electrons. The van der Waals surface area contributed by atoms with E-state index in [4.69, 9.17) is 0 Å². The summed E-state index contributed by atoms with van der Waals surface area (Å²) in [5.74, 6) is 0. The Labute approximate surface area is 171 Å². The molecule has 0 unspecified atom stereocenters. The first-order valence-electron chi connectivity index (χ1n) is 9.41. The smallest absolute Gasteiger partial charge is 0.209 e. The van der Waals surface area contributed by atoms with Gasteiger partial charge in [0.05, 0.1) is 10.6 Å². The molecule has 1 heterocycles. The SMILES string of the molecule is Cc1ccc(S(=O)(=O)c2c(-c3ccccc3)cc(C)nc2-c2ccccc2)cc1. The van der Waals surface area contributed by atoms with Gasteiger partial charge in [-0.25, -0.2) is 8.42 Å². The molecule has 0 saturated heterocycles. The standard InChI is InChI=1S/C25H21NO2S/c1-18-13-15-22(16-14-18)29(27,28)25-23(20-9-5-3-6-10-20)17-19(2)26-24(25)21-11-7-4-8-12-21/h3-17H,1-2H3. The van der Waals surface area contributed by atoms with Crippen LogP contribution >= 0.6 is 0 Å². The van der Waals surface area contributed by atoms with Gasteiger partial charge in [-0.1, -0.05) is 78.4 Å². The fourth-order valence-electron chi connectivity index (χ4n) is 3.39. The molecule has 0 aliphatic carbocycles. The van der Waals surface area contributed by atoms with E-state index in [9.17, 15) is 8.42 Å². The van der Waals surface area contributed by atoms with Crippen molar-refractivity contribution >= 4 is 9.84 Å². The number of aryl methyl sites for hydroxylation is 2. The molecule has 3 aromatic carbocycles. The highest BCUT2D eigenvalue weighted by atomic mass is 32.2. The zero-order valence-electron chi connectivity index (χ0n) is 16.3. The zero-order chi connectivity index (χ0) is 20.4. The lowest BCUT2D eigenvalue weighted by atomic mass is 10.0. The first-order valence-corrected chi connectivity index (χ1v) is 10.9.